The Kier molecular flexibility index (Phi) is 8.68. The summed E-state index contributed by atoms with van der Waals surface area (Å²) in [4.78, 5) is 2.37. The zero-order valence-corrected chi connectivity index (χ0v) is 14.1. The molecular weight excluding hydrogens is 309 g/mol. The van der Waals surface area contributed by atoms with Crippen molar-refractivity contribution in [1.82, 2.24) is 10.2 Å². The quantitative estimate of drug-likeness (QED) is 0.894. The molecule has 1 heterocycles. The molecule has 2 rings (SSSR count). The summed E-state index contributed by atoms with van der Waals surface area (Å²) in [5.41, 5.74) is 3.33. The SMILES string of the molecule is Cc1cc(O)cc(C)c1[C@@H](CC#N)N1CCNCC1.Cl.Cl. The van der Waals surface area contributed by atoms with Crippen molar-refractivity contribution in [3.63, 3.8) is 0 Å². The van der Waals surface area contributed by atoms with Crippen molar-refractivity contribution >= 4 is 24.8 Å². The maximum Gasteiger partial charge on any atom is 0.116 e. The number of rotatable bonds is 3. The van der Waals surface area contributed by atoms with Crippen LogP contribution in [-0.2, 0) is 0 Å². The average Bonchev–Trinajstić information content (AvgIpc) is 2.37. The number of halogens is 2. The molecule has 1 aliphatic rings. The Labute approximate surface area is 139 Å². The topological polar surface area (TPSA) is 59.3 Å². The van der Waals surface area contributed by atoms with E-state index in [0.717, 1.165) is 37.3 Å². The van der Waals surface area contributed by atoms with Gasteiger partial charge in [0, 0.05) is 32.2 Å². The Morgan fingerprint density at radius 3 is 2.24 bits per heavy atom. The summed E-state index contributed by atoms with van der Waals surface area (Å²) in [6.07, 6.45) is 0.493. The molecule has 2 N–H and O–H groups in total. The molecule has 0 amide bonds. The first-order valence-corrected chi connectivity index (χ1v) is 6.75. The molecule has 0 bridgehead atoms. The monoisotopic (exact) mass is 331 g/mol. The van der Waals surface area contributed by atoms with Crippen LogP contribution in [-0.4, -0.2) is 36.2 Å². The minimum Gasteiger partial charge on any atom is -0.508 e. The van der Waals surface area contributed by atoms with Gasteiger partial charge in [0.1, 0.15) is 5.75 Å². The van der Waals surface area contributed by atoms with Gasteiger partial charge in [0.15, 0.2) is 0 Å². The van der Waals surface area contributed by atoms with E-state index in [4.69, 9.17) is 5.26 Å². The smallest absolute Gasteiger partial charge is 0.116 e. The van der Waals surface area contributed by atoms with Crippen LogP contribution >= 0.6 is 24.8 Å². The van der Waals surface area contributed by atoms with Gasteiger partial charge in [-0.3, -0.25) is 4.90 Å². The van der Waals surface area contributed by atoms with Crippen molar-refractivity contribution in [2.45, 2.75) is 26.3 Å². The Morgan fingerprint density at radius 1 is 1.24 bits per heavy atom. The molecule has 1 aromatic carbocycles. The summed E-state index contributed by atoms with van der Waals surface area (Å²) in [6.45, 7) is 7.89. The second-order valence-electron chi connectivity index (χ2n) is 5.16. The van der Waals surface area contributed by atoms with Gasteiger partial charge in [0.05, 0.1) is 12.5 Å². The number of phenolic OH excluding ortho intramolecular Hbond substituents is 1. The summed E-state index contributed by atoms with van der Waals surface area (Å²) in [7, 11) is 0. The van der Waals surface area contributed by atoms with Crippen molar-refractivity contribution in [2.24, 2.45) is 0 Å². The van der Waals surface area contributed by atoms with Gasteiger partial charge < -0.3 is 10.4 Å². The fraction of sp³-hybridized carbons (Fsp3) is 0.533. The van der Waals surface area contributed by atoms with E-state index in [2.05, 4.69) is 16.3 Å². The maximum atomic E-state index is 9.65. The van der Waals surface area contributed by atoms with Crippen molar-refractivity contribution in [1.29, 1.82) is 5.26 Å². The molecule has 0 unspecified atom stereocenters. The lowest BCUT2D eigenvalue weighted by atomic mass is 9.92. The average molecular weight is 332 g/mol. The van der Waals surface area contributed by atoms with E-state index in [-0.39, 0.29) is 30.9 Å². The molecule has 0 spiro atoms. The first-order chi connectivity index (χ1) is 9.13. The van der Waals surface area contributed by atoms with Crippen molar-refractivity contribution in [3.05, 3.63) is 28.8 Å². The van der Waals surface area contributed by atoms with Crippen LogP contribution in [0, 0.1) is 25.2 Å². The number of nitrogens with one attached hydrogen (secondary N) is 1. The van der Waals surface area contributed by atoms with Crippen LogP contribution in [0.3, 0.4) is 0 Å². The number of hydrogen-bond acceptors (Lipinski definition) is 4. The molecule has 4 nitrogen and oxygen atoms in total. The highest BCUT2D eigenvalue weighted by Gasteiger charge is 2.24. The number of nitriles is 1. The first kappa shape index (κ1) is 20.0. The van der Waals surface area contributed by atoms with E-state index < -0.39 is 0 Å². The molecule has 0 radical (unpaired) electrons. The fourth-order valence-electron chi connectivity index (χ4n) is 2.97. The van der Waals surface area contributed by atoms with Gasteiger partial charge in [0.25, 0.3) is 0 Å². The van der Waals surface area contributed by atoms with E-state index in [1.165, 1.54) is 5.56 Å². The molecule has 0 aromatic heterocycles. The highest BCUT2D eigenvalue weighted by molar-refractivity contribution is 5.85. The van der Waals surface area contributed by atoms with Gasteiger partial charge in [-0.15, -0.1) is 24.8 Å². The number of phenols is 1. The largest absolute Gasteiger partial charge is 0.508 e. The minimum absolute atomic E-state index is 0. The van der Waals surface area contributed by atoms with E-state index in [1.807, 2.05) is 13.8 Å². The Hall–Kier alpha value is -0.990. The molecule has 21 heavy (non-hydrogen) atoms. The van der Waals surface area contributed by atoms with Crippen LogP contribution in [0.1, 0.15) is 29.2 Å². The predicted octanol–water partition coefficient (Wildman–Crippen LogP) is 2.71. The zero-order chi connectivity index (χ0) is 13.8. The number of nitrogens with zero attached hydrogens (tertiary/aromatic N) is 2. The third-order valence-corrected chi connectivity index (χ3v) is 3.79. The number of piperazine rings is 1. The first-order valence-electron chi connectivity index (χ1n) is 6.75. The molecule has 1 aliphatic heterocycles. The summed E-state index contributed by atoms with van der Waals surface area (Å²) in [5, 5.41) is 22.1. The summed E-state index contributed by atoms with van der Waals surface area (Å²) in [5.74, 6) is 0.301. The Morgan fingerprint density at radius 2 is 1.76 bits per heavy atom. The third-order valence-electron chi connectivity index (χ3n) is 3.79. The molecule has 1 aromatic rings. The minimum atomic E-state index is 0. The number of hydrogen-bond donors (Lipinski definition) is 2. The Balaban J connectivity index is 0.00000200. The predicted molar refractivity (Wildman–Crippen MR) is 89.5 cm³/mol. The molecular formula is C15H23Cl2N3O. The van der Waals surface area contributed by atoms with Gasteiger partial charge >= 0.3 is 0 Å². The third kappa shape index (κ3) is 4.76. The summed E-state index contributed by atoms with van der Waals surface area (Å²) >= 11 is 0. The molecule has 0 saturated carbocycles. The summed E-state index contributed by atoms with van der Waals surface area (Å²) < 4.78 is 0. The van der Waals surface area contributed by atoms with E-state index >= 15 is 0 Å². The standard InChI is InChI=1S/C15H21N3O.2ClH/c1-11-9-13(19)10-12(2)15(11)14(3-4-16)18-7-5-17-6-8-18;;/h9-10,14,17,19H,3,5-8H2,1-2H3;2*1H/t14-;;/m1../s1. The van der Waals surface area contributed by atoms with Crippen molar-refractivity contribution in [2.75, 3.05) is 26.2 Å². The lowest BCUT2D eigenvalue weighted by molar-refractivity contribution is 0.174. The molecule has 6 heteroatoms. The molecule has 1 atom stereocenters. The zero-order valence-electron chi connectivity index (χ0n) is 12.4. The van der Waals surface area contributed by atoms with Gasteiger partial charge in [-0.05, 0) is 42.7 Å². The molecule has 1 fully saturated rings. The van der Waals surface area contributed by atoms with Crippen LogP contribution in [0.15, 0.2) is 12.1 Å². The Bertz CT molecular complexity index is 473. The van der Waals surface area contributed by atoms with Gasteiger partial charge in [-0.2, -0.15) is 5.26 Å². The molecule has 118 valence electrons. The second kappa shape index (κ2) is 9.11. The highest BCUT2D eigenvalue weighted by atomic mass is 35.5. The highest BCUT2D eigenvalue weighted by Crippen LogP contribution is 2.32. The van der Waals surface area contributed by atoms with Crippen LogP contribution in [0.25, 0.3) is 0 Å². The van der Waals surface area contributed by atoms with Crippen molar-refractivity contribution in [3.8, 4) is 11.8 Å². The van der Waals surface area contributed by atoms with E-state index in [9.17, 15) is 5.11 Å². The summed E-state index contributed by atoms with van der Waals surface area (Å²) in [6, 6.07) is 6.01. The van der Waals surface area contributed by atoms with E-state index in [1.54, 1.807) is 12.1 Å². The van der Waals surface area contributed by atoms with Crippen LogP contribution in [0.2, 0.25) is 0 Å². The van der Waals surface area contributed by atoms with Crippen LogP contribution in [0.4, 0.5) is 0 Å². The number of benzene rings is 1. The van der Waals surface area contributed by atoms with Crippen LogP contribution in [0.5, 0.6) is 5.75 Å². The fourth-order valence-corrected chi connectivity index (χ4v) is 2.97. The second-order valence-corrected chi connectivity index (χ2v) is 5.16. The number of aromatic hydroxyl groups is 1. The van der Waals surface area contributed by atoms with Crippen molar-refractivity contribution < 1.29 is 5.11 Å². The van der Waals surface area contributed by atoms with E-state index in [0.29, 0.717) is 12.2 Å². The lowest BCUT2D eigenvalue weighted by Gasteiger charge is -2.35. The van der Waals surface area contributed by atoms with Gasteiger partial charge in [-0.1, -0.05) is 0 Å². The lowest BCUT2D eigenvalue weighted by Crippen LogP contribution is -2.45. The molecule has 0 aliphatic carbocycles. The van der Waals surface area contributed by atoms with Gasteiger partial charge in [0.2, 0.25) is 0 Å². The normalized spacial score (nSPS) is 16.2. The maximum absolute atomic E-state index is 9.65. The van der Waals surface area contributed by atoms with Gasteiger partial charge in [-0.25, -0.2) is 0 Å². The molecule has 1 saturated heterocycles. The number of aryl methyl sites for hydroxylation is 2. The van der Waals surface area contributed by atoms with Crippen LogP contribution < -0.4 is 5.32 Å².